The number of ether oxygens (including phenoxy) is 1. The van der Waals surface area contributed by atoms with Gasteiger partial charge in [-0.3, -0.25) is 0 Å². The minimum Gasteiger partial charge on any atom is -0.360 e. The fourth-order valence-corrected chi connectivity index (χ4v) is 2.46. The lowest BCUT2D eigenvalue weighted by Crippen LogP contribution is -2.00. The van der Waals surface area contributed by atoms with E-state index in [4.69, 9.17) is 4.74 Å². The van der Waals surface area contributed by atoms with Crippen molar-refractivity contribution in [1.82, 2.24) is 0 Å². The number of halogens is 2. The predicted molar refractivity (Wildman–Crippen MR) is 65.6 cm³/mol. The molecule has 0 aliphatic heterocycles. The molecule has 0 aliphatic carbocycles. The second kappa shape index (κ2) is 11.0. The Morgan fingerprint density at radius 1 is 0.933 bits per heavy atom. The lowest BCUT2D eigenvalue weighted by atomic mass is 10.4. The third-order valence-electron chi connectivity index (χ3n) is 1.70. The van der Waals surface area contributed by atoms with Gasteiger partial charge in [-0.2, -0.15) is 0 Å². The van der Waals surface area contributed by atoms with E-state index in [9.17, 15) is 8.78 Å². The number of hydrogen-bond donors (Lipinski definition) is 0. The maximum absolute atomic E-state index is 12.9. The molecule has 0 saturated heterocycles. The molecule has 0 radical (unpaired) electrons. The highest BCUT2D eigenvalue weighted by atomic mass is 32.2. The van der Waals surface area contributed by atoms with Gasteiger partial charge in [-0.05, 0) is 12.8 Å². The fourth-order valence-electron chi connectivity index (χ4n) is 0.898. The number of rotatable bonds is 10. The molecule has 0 saturated carbocycles. The van der Waals surface area contributed by atoms with Crippen molar-refractivity contribution >= 4 is 23.5 Å². The van der Waals surface area contributed by atoms with E-state index >= 15 is 0 Å². The van der Waals surface area contributed by atoms with E-state index in [1.165, 1.54) is 0 Å². The second-order valence-electron chi connectivity index (χ2n) is 3.17. The minimum absolute atomic E-state index is 0.313. The SMILES string of the molecule is CCCC(F)SCOCSC(F)CCC. The van der Waals surface area contributed by atoms with Crippen LogP contribution in [0.4, 0.5) is 8.78 Å². The van der Waals surface area contributed by atoms with E-state index in [0.717, 1.165) is 36.4 Å². The summed E-state index contributed by atoms with van der Waals surface area (Å²) in [5.41, 5.74) is -1.70. The van der Waals surface area contributed by atoms with Crippen molar-refractivity contribution in [3.05, 3.63) is 0 Å². The first-order valence-corrected chi connectivity index (χ1v) is 7.39. The standard InChI is InChI=1S/C10H20F2OS2/c1-3-5-9(11)14-7-13-8-15-10(12)6-4-2/h9-10H,3-8H2,1-2H3. The van der Waals surface area contributed by atoms with Gasteiger partial charge in [0.2, 0.25) is 0 Å². The zero-order valence-electron chi connectivity index (χ0n) is 9.38. The largest absolute Gasteiger partial charge is 0.360 e. The highest BCUT2D eigenvalue weighted by Crippen LogP contribution is 2.20. The van der Waals surface area contributed by atoms with Crippen LogP contribution in [0.1, 0.15) is 39.5 Å². The molecule has 2 atom stereocenters. The van der Waals surface area contributed by atoms with Crippen molar-refractivity contribution in [3.8, 4) is 0 Å². The number of thioether (sulfide) groups is 2. The van der Waals surface area contributed by atoms with Crippen LogP contribution in [0.25, 0.3) is 0 Å². The molecule has 0 fully saturated rings. The molecule has 0 spiro atoms. The Bertz CT molecular complexity index is 125. The van der Waals surface area contributed by atoms with Gasteiger partial charge in [-0.25, -0.2) is 8.78 Å². The lowest BCUT2D eigenvalue weighted by Gasteiger charge is -2.08. The fraction of sp³-hybridized carbons (Fsp3) is 1.00. The lowest BCUT2D eigenvalue weighted by molar-refractivity contribution is 0.235. The molecule has 5 heteroatoms. The average molecular weight is 258 g/mol. The maximum Gasteiger partial charge on any atom is 0.148 e. The smallest absolute Gasteiger partial charge is 0.148 e. The summed E-state index contributed by atoms with van der Waals surface area (Å²) in [4.78, 5) is 0. The summed E-state index contributed by atoms with van der Waals surface area (Å²) in [6, 6.07) is 0. The second-order valence-corrected chi connectivity index (χ2v) is 5.33. The monoisotopic (exact) mass is 258 g/mol. The van der Waals surface area contributed by atoms with E-state index < -0.39 is 11.0 Å². The zero-order chi connectivity index (χ0) is 11.5. The molecule has 15 heavy (non-hydrogen) atoms. The van der Waals surface area contributed by atoms with Crippen LogP contribution in [0.2, 0.25) is 0 Å². The summed E-state index contributed by atoms with van der Waals surface area (Å²) in [7, 11) is 0. The maximum atomic E-state index is 12.9. The first-order valence-electron chi connectivity index (χ1n) is 5.29. The summed E-state index contributed by atoms with van der Waals surface area (Å²) in [6.07, 6.45) is 2.80. The van der Waals surface area contributed by atoms with Crippen LogP contribution in [0.5, 0.6) is 0 Å². The van der Waals surface area contributed by atoms with Gasteiger partial charge in [0.15, 0.2) is 0 Å². The van der Waals surface area contributed by atoms with Crippen molar-refractivity contribution in [2.75, 3.05) is 11.9 Å². The third kappa shape index (κ3) is 10.8. The molecule has 0 aromatic rings. The van der Waals surface area contributed by atoms with Crippen LogP contribution in [0.15, 0.2) is 0 Å². The molecule has 0 bridgehead atoms. The van der Waals surface area contributed by atoms with Crippen LogP contribution in [-0.2, 0) is 4.74 Å². The average Bonchev–Trinajstić information content (AvgIpc) is 2.18. The Kier molecular flexibility index (Phi) is 11.4. The first-order chi connectivity index (χ1) is 7.20. The third-order valence-corrected chi connectivity index (χ3v) is 3.50. The van der Waals surface area contributed by atoms with Crippen LogP contribution in [-0.4, -0.2) is 22.9 Å². The van der Waals surface area contributed by atoms with E-state index in [-0.39, 0.29) is 0 Å². The molecule has 0 aromatic heterocycles. The Hall–Kier alpha value is 0.520. The molecule has 0 N–H and O–H groups in total. The molecule has 0 rings (SSSR count). The minimum atomic E-state index is -0.850. The summed E-state index contributed by atoms with van der Waals surface area (Å²) in [5, 5.41) is 0. The summed E-state index contributed by atoms with van der Waals surface area (Å²) >= 11 is 2.28. The molecule has 0 heterocycles. The van der Waals surface area contributed by atoms with E-state index in [1.54, 1.807) is 0 Å². The van der Waals surface area contributed by atoms with E-state index in [1.807, 2.05) is 13.8 Å². The van der Waals surface area contributed by atoms with Gasteiger partial charge < -0.3 is 4.74 Å². The van der Waals surface area contributed by atoms with Gasteiger partial charge in [0.1, 0.15) is 11.0 Å². The van der Waals surface area contributed by atoms with Gasteiger partial charge in [0.05, 0.1) is 11.9 Å². The zero-order valence-corrected chi connectivity index (χ0v) is 11.0. The van der Waals surface area contributed by atoms with Crippen LogP contribution >= 0.6 is 23.5 Å². The van der Waals surface area contributed by atoms with Crippen molar-refractivity contribution < 1.29 is 13.5 Å². The van der Waals surface area contributed by atoms with Crippen LogP contribution < -0.4 is 0 Å². The number of alkyl halides is 2. The van der Waals surface area contributed by atoms with Crippen LogP contribution in [0, 0.1) is 0 Å². The Labute approximate surface area is 99.7 Å². The highest BCUT2D eigenvalue weighted by Gasteiger charge is 2.07. The van der Waals surface area contributed by atoms with Gasteiger partial charge in [-0.15, -0.1) is 0 Å². The molecule has 2 unspecified atom stereocenters. The molecule has 0 amide bonds. The Balaban J connectivity index is 3.17. The summed E-state index contributed by atoms with van der Waals surface area (Å²) in [5.74, 6) is 0.625. The van der Waals surface area contributed by atoms with Crippen molar-refractivity contribution in [1.29, 1.82) is 0 Å². The molecule has 0 aromatic carbocycles. The van der Waals surface area contributed by atoms with Crippen molar-refractivity contribution in [2.24, 2.45) is 0 Å². The van der Waals surface area contributed by atoms with Gasteiger partial charge in [-0.1, -0.05) is 50.2 Å². The Morgan fingerprint density at radius 3 is 1.67 bits per heavy atom. The molecular weight excluding hydrogens is 238 g/mol. The van der Waals surface area contributed by atoms with E-state index in [0.29, 0.717) is 24.7 Å². The van der Waals surface area contributed by atoms with Crippen LogP contribution in [0.3, 0.4) is 0 Å². The quantitative estimate of drug-likeness (QED) is 0.419. The van der Waals surface area contributed by atoms with Crippen molar-refractivity contribution in [3.63, 3.8) is 0 Å². The summed E-state index contributed by atoms with van der Waals surface area (Å²) in [6.45, 7) is 3.89. The number of hydrogen-bond acceptors (Lipinski definition) is 3. The molecule has 1 nitrogen and oxygen atoms in total. The topological polar surface area (TPSA) is 9.23 Å². The van der Waals surface area contributed by atoms with E-state index in [2.05, 4.69) is 0 Å². The first kappa shape index (κ1) is 15.5. The summed E-state index contributed by atoms with van der Waals surface area (Å²) < 4.78 is 30.9. The van der Waals surface area contributed by atoms with Gasteiger partial charge >= 0.3 is 0 Å². The van der Waals surface area contributed by atoms with Crippen molar-refractivity contribution in [2.45, 2.75) is 50.5 Å². The predicted octanol–water partition coefficient (Wildman–Crippen LogP) is 4.58. The van der Waals surface area contributed by atoms with Gasteiger partial charge in [0.25, 0.3) is 0 Å². The van der Waals surface area contributed by atoms with Gasteiger partial charge in [0, 0.05) is 0 Å². The highest BCUT2D eigenvalue weighted by molar-refractivity contribution is 8.00. The molecule has 0 aliphatic rings. The molecular formula is C10H20F2OS2. The molecule has 92 valence electrons. The normalized spacial score (nSPS) is 15.2. The Morgan fingerprint density at radius 2 is 1.33 bits per heavy atom.